The van der Waals surface area contributed by atoms with Crippen LogP contribution in [0.25, 0.3) is 98.9 Å². The minimum absolute atomic E-state index is 0.589. The van der Waals surface area contributed by atoms with E-state index < -0.39 is 11.1 Å². The second kappa shape index (κ2) is 11.1. The van der Waals surface area contributed by atoms with E-state index in [2.05, 4.69) is 226 Å². The molecule has 4 aliphatic rings. The van der Waals surface area contributed by atoms with Gasteiger partial charge in [0.05, 0.1) is 22.6 Å². The summed E-state index contributed by atoms with van der Waals surface area (Å²) in [4.78, 5) is 0. The fraction of sp³-hybridized carbons (Fsp3) is 0.0645. The molecule has 4 nitrogen and oxygen atoms in total. The van der Waals surface area contributed by atoms with Crippen LogP contribution >= 0.6 is 0 Å². The van der Waals surface area contributed by atoms with Crippen LogP contribution in [0.1, 0.15) is 44.5 Å². The fourth-order valence-corrected chi connectivity index (χ4v) is 14.4. The van der Waals surface area contributed by atoms with E-state index in [-0.39, 0.29) is 0 Å². The predicted octanol–water partition coefficient (Wildman–Crippen LogP) is 13.1. The van der Waals surface area contributed by atoms with Crippen molar-refractivity contribution in [2.75, 3.05) is 0 Å². The Hall–Kier alpha value is -8.34. The summed E-state index contributed by atoms with van der Waals surface area (Å²) in [5.41, 5.74) is 19.4. The average molecular weight is 839 g/mol. The van der Waals surface area contributed by atoms with Crippen LogP contribution in [0.4, 0.5) is 0 Å². The summed E-state index contributed by atoms with van der Waals surface area (Å²) < 4.78 is 10.7. The molecular formula is C62H38N4+2. The van der Waals surface area contributed by atoms with Crippen LogP contribution in [0.3, 0.4) is 0 Å². The third-order valence-electron chi connectivity index (χ3n) is 16.6. The summed E-state index contributed by atoms with van der Waals surface area (Å²) in [5.74, 6) is 1.16. The van der Waals surface area contributed by atoms with Crippen LogP contribution in [-0.4, -0.2) is 8.97 Å². The topological polar surface area (TPSA) is 17.1 Å². The van der Waals surface area contributed by atoms with Gasteiger partial charge in [-0.3, -0.25) is 0 Å². The third-order valence-corrected chi connectivity index (χ3v) is 16.6. The van der Waals surface area contributed by atoms with Gasteiger partial charge in [0.25, 0.3) is 11.5 Å². The molecular weight excluding hydrogens is 801 g/mol. The molecule has 1 unspecified atom stereocenters. The molecule has 13 aromatic rings. The van der Waals surface area contributed by atoms with E-state index >= 15 is 0 Å². The Bertz CT molecular complexity index is 4440. The maximum absolute atomic E-state index is 2.74. The first-order chi connectivity index (χ1) is 32.6. The van der Waals surface area contributed by atoms with Gasteiger partial charge in [0.15, 0.2) is 11.2 Å². The van der Waals surface area contributed by atoms with E-state index in [1.807, 2.05) is 0 Å². The third kappa shape index (κ3) is 3.38. The highest BCUT2D eigenvalue weighted by atomic mass is 15.4. The number of aryl methyl sites for hydroxylation is 2. The Kier molecular flexibility index (Phi) is 5.75. The summed E-state index contributed by atoms with van der Waals surface area (Å²) in [6, 6.07) is 69.5. The second-order valence-electron chi connectivity index (χ2n) is 19.2. The normalized spacial score (nSPS) is 16.5. The van der Waals surface area contributed by atoms with Crippen LogP contribution < -0.4 is 9.13 Å². The zero-order valence-electron chi connectivity index (χ0n) is 36.3. The van der Waals surface area contributed by atoms with Gasteiger partial charge in [-0.2, -0.15) is 18.1 Å². The van der Waals surface area contributed by atoms with E-state index in [0.717, 1.165) is 5.82 Å². The molecule has 0 amide bonds. The highest BCUT2D eigenvalue weighted by Crippen LogP contribution is 2.65. The molecule has 304 valence electrons. The molecule has 0 fully saturated rings. The van der Waals surface area contributed by atoms with Gasteiger partial charge in [-0.05, 0) is 98.8 Å². The first-order valence-electron chi connectivity index (χ1n) is 23.3. The molecule has 0 N–H and O–H groups in total. The zero-order chi connectivity index (χ0) is 42.9. The molecule has 0 saturated carbocycles. The van der Waals surface area contributed by atoms with Gasteiger partial charge in [0.1, 0.15) is 22.8 Å². The van der Waals surface area contributed by atoms with E-state index in [4.69, 9.17) is 0 Å². The fourth-order valence-electron chi connectivity index (χ4n) is 14.4. The van der Waals surface area contributed by atoms with Gasteiger partial charge < -0.3 is 0 Å². The van der Waals surface area contributed by atoms with Crippen molar-refractivity contribution in [2.24, 2.45) is 0 Å². The van der Waals surface area contributed by atoms with Gasteiger partial charge in [0, 0.05) is 38.6 Å². The van der Waals surface area contributed by atoms with E-state index in [1.54, 1.807) is 0 Å². The Balaban J connectivity index is 1.23. The van der Waals surface area contributed by atoms with Crippen LogP contribution in [-0.2, 0) is 11.1 Å². The molecule has 0 radical (unpaired) electrons. The van der Waals surface area contributed by atoms with E-state index in [0.29, 0.717) is 0 Å². The summed E-state index contributed by atoms with van der Waals surface area (Å²) in [6.45, 7) is 4.58. The number of benzene rings is 9. The van der Waals surface area contributed by atoms with Crippen molar-refractivity contribution in [2.45, 2.75) is 24.9 Å². The SMILES string of the molecule is Cc1cccc(C)c1-c1c[n+]2c3c4c5c(ccc4c4c6ccccc6c6ccccc6c4n13)C1(c3ccccc3-c3ccccc31)c1ccc3c4ccccc4n4c3c1C52[n+]1ccccc1-4. The molecule has 1 atom stereocenters. The van der Waals surface area contributed by atoms with Crippen molar-refractivity contribution in [3.8, 4) is 28.2 Å². The van der Waals surface area contributed by atoms with Crippen LogP contribution in [0.5, 0.6) is 0 Å². The largest absolute Gasteiger partial charge is 0.311 e. The highest BCUT2D eigenvalue weighted by molar-refractivity contribution is 6.32. The Morgan fingerprint density at radius 2 is 1.02 bits per heavy atom. The van der Waals surface area contributed by atoms with Crippen molar-refractivity contribution >= 4 is 70.7 Å². The first kappa shape index (κ1) is 34.1. The Labute approximate surface area is 379 Å². The lowest BCUT2D eigenvalue weighted by Gasteiger charge is -2.45. The predicted molar refractivity (Wildman–Crippen MR) is 266 cm³/mol. The Morgan fingerprint density at radius 1 is 0.424 bits per heavy atom. The van der Waals surface area contributed by atoms with Crippen molar-refractivity contribution in [1.29, 1.82) is 0 Å². The number of hydrogen-bond donors (Lipinski definition) is 0. The minimum Gasteiger partial charge on any atom is -0.191 e. The molecule has 17 rings (SSSR count). The number of para-hydroxylation sites is 1. The van der Waals surface area contributed by atoms with Gasteiger partial charge in [-0.15, -0.1) is 0 Å². The quantitative estimate of drug-likeness (QED) is 0.116. The number of pyridine rings is 2. The maximum Gasteiger partial charge on any atom is 0.311 e. The first-order valence-corrected chi connectivity index (χ1v) is 23.3. The molecule has 0 saturated heterocycles. The average Bonchev–Trinajstić information content (AvgIpc) is 4.09. The van der Waals surface area contributed by atoms with Gasteiger partial charge in [-0.25, -0.2) is 0 Å². The van der Waals surface area contributed by atoms with Gasteiger partial charge in [-0.1, -0.05) is 152 Å². The van der Waals surface area contributed by atoms with Gasteiger partial charge in [0.2, 0.25) is 0 Å². The summed E-state index contributed by atoms with van der Waals surface area (Å²) in [7, 11) is 0. The van der Waals surface area contributed by atoms with Crippen LogP contribution in [0.15, 0.2) is 194 Å². The molecule has 4 aromatic heterocycles. The van der Waals surface area contributed by atoms with Crippen molar-refractivity contribution < 1.29 is 9.13 Å². The Morgan fingerprint density at radius 3 is 1.77 bits per heavy atom. The lowest BCUT2D eigenvalue weighted by molar-refractivity contribution is -0.956. The number of fused-ring (bicyclic) bond motifs is 20. The molecule has 6 heterocycles. The standard InChI is InChI=1S/C62H38N4/c1-35-16-15-17-36(2)53(35)51-34-64-60-55-45(54-42-23-5-3-18-37(42)38-19-4-6-24-43(38)58(54)66(51)60)30-32-48-56(55)62(64)57-49(61(48)46-25-10-7-20-39(46)40-21-8-11-26-47(40)61)31-29-44-41-22-9-12-27-50(41)65(59(44)57)52-28-13-14-33-63(52)62/h3-34H,1-2H3/q+2. The molecule has 66 heavy (non-hydrogen) atoms. The molecule has 2 aliphatic heterocycles. The van der Waals surface area contributed by atoms with Gasteiger partial charge >= 0.3 is 5.66 Å². The van der Waals surface area contributed by atoms with E-state index in [9.17, 15) is 0 Å². The number of imidazole rings is 1. The molecule has 2 spiro atoms. The molecule has 9 aromatic carbocycles. The number of nitrogens with zero attached hydrogens (tertiary/aromatic N) is 4. The zero-order valence-corrected chi connectivity index (χ0v) is 36.3. The summed E-state index contributed by atoms with van der Waals surface area (Å²) in [6.07, 6.45) is 4.93. The molecule has 0 bridgehead atoms. The number of rotatable bonds is 1. The summed E-state index contributed by atoms with van der Waals surface area (Å²) >= 11 is 0. The second-order valence-corrected chi connectivity index (χ2v) is 19.2. The minimum atomic E-state index is -0.798. The van der Waals surface area contributed by atoms with Crippen molar-refractivity contribution in [3.05, 3.63) is 239 Å². The highest BCUT2D eigenvalue weighted by Gasteiger charge is 2.69. The smallest absolute Gasteiger partial charge is 0.191 e. The van der Waals surface area contributed by atoms with E-state index in [1.165, 1.54) is 138 Å². The maximum atomic E-state index is 2.74. The molecule has 4 heteroatoms. The van der Waals surface area contributed by atoms with Crippen molar-refractivity contribution in [3.63, 3.8) is 0 Å². The number of aromatic nitrogens is 4. The lowest BCUT2D eigenvalue weighted by Crippen LogP contribution is -2.76. The van der Waals surface area contributed by atoms with Crippen LogP contribution in [0, 0.1) is 13.8 Å². The molecule has 2 aliphatic carbocycles. The van der Waals surface area contributed by atoms with Crippen LogP contribution in [0.2, 0.25) is 0 Å². The summed E-state index contributed by atoms with van der Waals surface area (Å²) in [5, 5.41) is 11.6. The van der Waals surface area contributed by atoms with Crippen molar-refractivity contribution in [1.82, 2.24) is 8.97 Å². The number of hydrogen-bond acceptors (Lipinski definition) is 0. The lowest BCUT2D eigenvalue weighted by atomic mass is 9.58. The monoisotopic (exact) mass is 838 g/mol.